The van der Waals surface area contributed by atoms with E-state index in [1.54, 1.807) is 11.3 Å². The number of fused-ring (bicyclic) bond motifs is 1. The lowest BCUT2D eigenvalue weighted by molar-refractivity contribution is 0.340. The maximum atomic E-state index is 5.51. The first-order chi connectivity index (χ1) is 13.7. The fourth-order valence-electron chi connectivity index (χ4n) is 3.18. The van der Waals surface area contributed by atoms with Crippen LogP contribution in [0.1, 0.15) is 20.8 Å². The van der Waals surface area contributed by atoms with Gasteiger partial charge in [0, 0.05) is 29.9 Å². The van der Waals surface area contributed by atoms with Crippen LogP contribution in [-0.4, -0.2) is 39.5 Å². The molecule has 0 spiro atoms. The Kier molecular flexibility index (Phi) is 5.25. The monoisotopic (exact) mass is 393 g/mol. The van der Waals surface area contributed by atoms with Crippen molar-refractivity contribution in [2.75, 3.05) is 24.6 Å². The smallest absolute Gasteiger partial charge is 0.235 e. The lowest BCUT2D eigenvalue weighted by atomic mass is 10.2. The Morgan fingerprint density at radius 2 is 1.57 bits per heavy atom. The van der Waals surface area contributed by atoms with Crippen molar-refractivity contribution >= 4 is 22.0 Å². The minimum absolute atomic E-state index is 0.650. The molecular weight excluding hydrogens is 370 g/mol. The Morgan fingerprint density at radius 1 is 0.893 bits per heavy atom. The summed E-state index contributed by atoms with van der Waals surface area (Å²) in [4.78, 5) is 3.11. The number of benzene rings is 2. The molecule has 144 valence electrons. The third kappa shape index (κ3) is 3.45. The molecule has 4 rings (SSSR count). The molecule has 0 radical (unpaired) electrons. The van der Waals surface area contributed by atoms with E-state index >= 15 is 0 Å². The maximum Gasteiger partial charge on any atom is 0.235 e. The highest BCUT2D eigenvalue weighted by molar-refractivity contribution is 7.19. The van der Waals surface area contributed by atoms with Gasteiger partial charge in [0.2, 0.25) is 4.96 Å². The number of hydrogen-bond donors (Lipinski definition) is 0. The molecule has 0 N–H and O–H groups in total. The Morgan fingerprint density at radius 3 is 2.21 bits per heavy atom. The fourth-order valence-corrected chi connectivity index (χ4v) is 4.03. The van der Waals surface area contributed by atoms with Gasteiger partial charge in [-0.2, -0.15) is 9.61 Å². The quantitative estimate of drug-likeness (QED) is 0.453. The van der Waals surface area contributed by atoms with E-state index in [0.29, 0.717) is 6.61 Å². The first-order valence-corrected chi connectivity index (χ1v) is 10.4. The summed E-state index contributed by atoms with van der Waals surface area (Å²) in [5.74, 6) is 1.58. The number of hydrogen-bond acceptors (Lipinski definition) is 6. The number of rotatable bonds is 7. The molecular formula is C21H23N5OS. The Bertz CT molecular complexity index is 1050. The molecule has 0 unspecified atom stereocenters. The molecule has 0 amide bonds. The van der Waals surface area contributed by atoms with Gasteiger partial charge in [0.25, 0.3) is 0 Å². The molecule has 7 heteroatoms. The third-order valence-corrected chi connectivity index (χ3v) is 5.61. The van der Waals surface area contributed by atoms with Crippen LogP contribution in [0, 0.1) is 0 Å². The van der Waals surface area contributed by atoms with E-state index in [2.05, 4.69) is 53.2 Å². The zero-order chi connectivity index (χ0) is 19.5. The molecule has 0 fully saturated rings. The Labute approximate surface area is 168 Å². The van der Waals surface area contributed by atoms with Crippen LogP contribution in [0.3, 0.4) is 0 Å². The molecule has 2 aromatic carbocycles. The van der Waals surface area contributed by atoms with Crippen molar-refractivity contribution in [2.24, 2.45) is 0 Å². The summed E-state index contributed by atoms with van der Waals surface area (Å²) in [5.41, 5.74) is 3.28. The van der Waals surface area contributed by atoms with Crippen LogP contribution >= 0.6 is 11.3 Å². The van der Waals surface area contributed by atoms with Gasteiger partial charge in [0.15, 0.2) is 5.82 Å². The largest absolute Gasteiger partial charge is 0.494 e. The summed E-state index contributed by atoms with van der Waals surface area (Å²) in [5, 5.41) is 14.3. The topological polar surface area (TPSA) is 55.6 Å². The highest BCUT2D eigenvalue weighted by atomic mass is 32.1. The molecule has 0 saturated heterocycles. The van der Waals surface area contributed by atoms with Crippen LogP contribution in [-0.2, 0) is 0 Å². The normalized spacial score (nSPS) is 11.1. The standard InChI is InChI=1S/C21H23N5OS/c1-4-25(5-2)17-11-7-16(8-12-17)20-24-26-19(22-23-21(26)28-20)15-9-13-18(14-10-15)27-6-3/h7-14H,4-6H2,1-3H3. The van der Waals surface area contributed by atoms with E-state index in [4.69, 9.17) is 9.84 Å². The number of nitrogens with zero attached hydrogens (tertiary/aromatic N) is 5. The van der Waals surface area contributed by atoms with E-state index in [1.165, 1.54) is 5.69 Å². The van der Waals surface area contributed by atoms with E-state index in [-0.39, 0.29) is 0 Å². The van der Waals surface area contributed by atoms with Crippen molar-refractivity contribution in [2.45, 2.75) is 20.8 Å². The van der Waals surface area contributed by atoms with Crippen molar-refractivity contribution < 1.29 is 4.74 Å². The predicted octanol–water partition coefficient (Wildman–Crippen LogP) is 4.76. The van der Waals surface area contributed by atoms with E-state index < -0.39 is 0 Å². The lowest BCUT2D eigenvalue weighted by Crippen LogP contribution is -2.21. The fraction of sp³-hybridized carbons (Fsp3) is 0.286. The van der Waals surface area contributed by atoms with Crippen LogP contribution in [0.25, 0.3) is 26.9 Å². The molecule has 0 saturated carbocycles. The third-order valence-electron chi connectivity index (χ3n) is 4.66. The second-order valence-corrected chi connectivity index (χ2v) is 7.26. The summed E-state index contributed by atoms with van der Waals surface area (Å²) in [6.07, 6.45) is 0. The zero-order valence-electron chi connectivity index (χ0n) is 16.3. The predicted molar refractivity (Wildman–Crippen MR) is 114 cm³/mol. The van der Waals surface area contributed by atoms with Gasteiger partial charge in [0.1, 0.15) is 10.8 Å². The van der Waals surface area contributed by atoms with E-state index in [1.807, 2.05) is 35.7 Å². The van der Waals surface area contributed by atoms with Gasteiger partial charge in [-0.15, -0.1) is 10.2 Å². The van der Waals surface area contributed by atoms with Gasteiger partial charge in [-0.3, -0.25) is 0 Å². The van der Waals surface area contributed by atoms with Crippen LogP contribution in [0.5, 0.6) is 5.75 Å². The van der Waals surface area contributed by atoms with Gasteiger partial charge in [-0.05, 0) is 69.3 Å². The molecule has 28 heavy (non-hydrogen) atoms. The van der Waals surface area contributed by atoms with Gasteiger partial charge in [-0.25, -0.2) is 0 Å². The van der Waals surface area contributed by atoms with Crippen LogP contribution in [0.4, 0.5) is 5.69 Å². The molecule has 6 nitrogen and oxygen atoms in total. The molecule has 2 heterocycles. The van der Waals surface area contributed by atoms with Crippen molar-refractivity contribution in [3.05, 3.63) is 48.5 Å². The molecule has 0 aliphatic carbocycles. The van der Waals surface area contributed by atoms with Crippen LogP contribution in [0.15, 0.2) is 48.5 Å². The summed E-state index contributed by atoms with van der Waals surface area (Å²) in [6.45, 7) is 8.96. The van der Waals surface area contributed by atoms with Gasteiger partial charge < -0.3 is 9.64 Å². The molecule has 0 bridgehead atoms. The SMILES string of the molecule is CCOc1ccc(-c2nnc3sc(-c4ccc(N(CC)CC)cc4)nn23)cc1. The second kappa shape index (κ2) is 7.98. The van der Waals surface area contributed by atoms with Gasteiger partial charge in [-0.1, -0.05) is 11.3 Å². The van der Waals surface area contributed by atoms with Crippen LogP contribution in [0.2, 0.25) is 0 Å². The maximum absolute atomic E-state index is 5.51. The molecule has 0 aliphatic rings. The first kappa shape index (κ1) is 18.4. The summed E-state index contributed by atoms with van der Waals surface area (Å²) in [7, 11) is 0. The highest BCUT2D eigenvalue weighted by Crippen LogP contribution is 2.30. The minimum Gasteiger partial charge on any atom is -0.494 e. The molecule has 4 aromatic rings. The number of anilines is 1. The second-order valence-electron chi connectivity index (χ2n) is 6.30. The van der Waals surface area contributed by atoms with E-state index in [0.717, 1.165) is 45.8 Å². The van der Waals surface area contributed by atoms with Gasteiger partial charge in [0.05, 0.1) is 6.61 Å². The van der Waals surface area contributed by atoms with Gasteiger partial charge >= 0.3 is 0 Å². The summed E-state index contributed by atoms with van der Waals surface area (Å²) in [6, 6.07) is 16.4. The lowest BCUT2D eigenvalue weighted by Gasteiger charge is -2.20. The van der Waals surface area contributed by atoms with Crippen molar-refractivity contribution in [3.8, 4) is 27.7 Å². The Balaban J connectivity index is 1.64. The Hall–Kier alpha value is -2.93. The average Bonchev–Trinajstić information content (AvgIpc) is 3.31. The van der Waals surface area contributed by atoms with Crippen molar-refractivity contribution in [1.82, 2.24) is 19.8 Å². The van der Waals surface area contributed by atoms with Crippen molar-refractivity contribution in [1.29, 1.82) is 0 Å². The van der Waals surface area contributed by atoms with Crippen molar-refractivity contribution in [3.63, 3.8) is 0 Å². The average molecular weight is 394 g/mol. The van der Waals surface area contributed by atoms with E-state index in [9.17, 15) is 0 Å². The summed E-state index contributed by atoms with van der Waals surface area (Å²) >= 11 is 1.54. The molecule has 0 atom stereocenters. The highest BCUT2D eigenvalue weighted by Gasteiger charge is 2.15. The number of aromatic nitrogens is 4. The molecule has 0 aliphatic heterocycles. The summed E-state index contributed by atoms with van der Waals surface area (Å²) < 4.78 is 7.32. The first-order valence-electron chi connectivity index (χ1n) is 9.54. The molecule has 2 aromatic heterocycles. The minimum atomic E-state index is 0.650. The van der Waals surface area contributed by atoms with Crippen LogP contribution < -0.4 is 9.64 Å². The zero-order valence-corrected chi connectivity index (χ0v) is 17.1. The number of ether oxygens (including phenoxy) is 1.